The molecular formula is C20H25N3O4. The molecule has 0 radical (unpaired) electrons. The van der Waals surface area contributed by atoms with Gasteiger partial charge in [-0.1, -0.05) is 5.16 Å². The first-order chi connectivity index (χ1) is 13.1. The second-order valence-electron chi connectivity index (χ2n) is 7.21. The number of ether oxygens (including phenoxy) is 2. The molecule has 1 amide bonds. The smallest absolute Gasteiger partial charge is 0.227 e. The third-order valence-electron chi connectivity index (χ3n) is 4.94. The number of morpholine rings is 1. The van der Waals surface area contributed by atoms with Gasteiger partial charge in [-0.05, 0) is 44.9 Å². The lowest BCUT2D eigenvalue weighted by Crippen LogP contribution is -2.44. The lowest BCUT2D eigenvalue weighted by Gasteiger charge is -2.24. The molecule has 1 aliphatic carbocycles. The number of amides is 1. The fraction of sp³-hybridized carbons (Fsp3) is 0.500. The summed E-state index contributed by atoms with van der Waals surface area (Å²) >= 11 is 0. The highest BCUT2D eigenvalue weighted by Gasteiger charge is 2.30. The molecule has 2 N–H and O–H groups in total. The molecule has 7 heteroatoms. The van der Waals surface area contributed by atoms with Crippen LogP contribution >= 0.6 is 0 Å². The number of nitrogens with one attached hydrogen (secondary N) is 2. The van der Waals surface area contributed by atoms with Crippen LogP contribution in [0.4, 0.5) is 5.69 Å². The fourth-order valence-corrected chi connectivity index (χ4v) is 3.30. The molecule has 1 aromatic heterocycles. The van der Waals surface area contributed by atoms with E-state index in [0.29, 0.717) is 13.2 Å². The van der Waals surface area contributed by atoms with E-state index in [9.17, 15) is 4.79 Å². The molecule has 2 aliphatic rings. The number of nitrogens with zero attached hydrogens (tertiary/aromatic N) is 1. The molecule has 2 heterocycles. The van der Waals surface area contributed by atoms with Crippen LogP contribution in [-0.4, -0.2) is 43.5 Å². The van der Waals surface area contributed by atoms with Gasteiger partial charge in [0.05, 0.1) is 30.5 Å². The predicted octanol–water partition coefficient (Wildman–Crippen LogP) is 2.67. The Hall–Kier alpha value is -2.38. The number of carbonyl (C=O) groups excluding carboxylic acids is 1. The number of rotatable bonds is 6. The van der Waals surface area contributed by atoms with Crippen LogP contribution < -0.4 is 15.4 Å². The van der Waals surface area contributed by atoms with Crippen molar-refractivity contribution in [3.8, 4) is 16.9 Å². The number of anilines is 1. The third-order valence-corrected chi connectivity index (χ3v) is 4.94. The highest BCUT2D eigenvalue weighted by atomic mass is 16.5. The van der Waals surface area contributed by atoms with Crippen LogP contribution in [0.3, 0.4) is 0 Å². The van der Waals surface area contributed by atoms with Crippen LogP contribution in [0.15, 0.2) is 22.7 Å². The van der Waals surface area contributed by atoms with Crippen molar-refractivity contribution in [3.05, 3.63) is 29.7 Å². The Balaban J connectivity index is 1.59. The van der Waals surface area contributed by atoms with Crippen molar-refractivity contribution in [1.29, 1.82) is 0 Å². The maximum Gasteiger partial charge on any atom is 0.227 e. The SMILES string of the molecule is Cc1noc(C)c1-c1cc(NC(=O)C2CC2)ccc1OC[C@@H]1COCCN1. The highest BCUT2D eigenvalue weighted by molar-refractivity contribution is 5.95. The van der Waals surface area contributed by atoms with Crippen molar-refractivity contribution < 1.29 is 18.8 Å². The summed E-state index contributed by atoms with van der Waals surface area (Å²) in [4.78, 5) is 12.1. The number of aromatic nitrogens is 1. The van der Waals surface area contributed by atoms with Crippen LogP contribution in [0.5, 0.6) is 5.75 Å². The van der Waals surface area contributed by atoms with E-state index < -0.39 is 0 Å². The normalized spacial score (nSPS) is 19.7. The van der Waals surface area contributed by atoms with E-state index in [4.69, 9.17) is 14.0 Å². The highest BCUT2D eigenvalue weighted by Crippen LogP contribution is 2.37. The minimum absolute atomic E-state index is 0.0805. The monoisotopic (exact) mass is 371 g/mol. The average Bonchev–Trinajstić information content (AvgIpc) is 3.47. The summed E-state index contributed by atoms with van der Waals surface area (Å²) in [5, 5.41) is 10.4. The first-order valence-corrected chi connectivity index (χ1v) is 9.44. The number of benzene rings is 1. The number of aryl methyl sites for hydroxylation is 2. The Bertz CT molecular complexity index is 803. The van der Waals surface area contributed by atoms with Gasteiger partial charge in [0, 0.05) is 23.7 Å². The Kier molecular flexibility index (Phi) is 5.13. The van der Waals surface area contributed by atoms with E-state index in [2.05, 4.69) is 15.8 Å². The van der Waals surface area contributed by atoms with Gasteiger partial charge in [-0.2, -0.15) is 0 Å². The molecule has 4 rings (SSSR count). The molecule has 0 bridgehead atoms. The molecule has 2 fully saturated rings. The lowest BCUT2D eigenvalue weighted by molar-refractivity contribution is -0.117. The maximum atomic E-state index is 12.1. The molecular weight excluding hydrogens is 346 g/mol. The van der Waals surface area contributed by atoms with Crippen molar-refractivity contribution >= 4 is 11.6 Å². The van der Waals surface area contributed by atoms with Gasteiger partial charge >= 0.3 is 0 Å². The van der Waals surface area contributed by atoms with Crippen molar-refractivity contribution in [2.45, 2.75) is 32.7 Å². The van der Waals surface area contributed by atoms with Crippen molar-refractivity contribution in [1.82, 2.24) is 10.5 Å². The molecule has 1 aromatic carbocycles. The maximum absolute atomic E-state index is 12.1. The summed E-state index contributed by atoms with van der Waals surface area (Å²) in [7, 11) is 0. The zero-order chi connectivity index (χ0) is 18.8. The summed E-state index contributed by atoms with van der Waals surface area (Å²) in [6.07, 6.45) is 1.94. The summed E-state index contributed by atoms with van der Waals surface area (Å²) in [5.74, 6) is 1.70. The Morgan fingerprint density at radius 2 is 2.22 bits per heavy atom. The molecule has 1 saturated carbocycles. The van der Waals surface area contributed by atoms with Gasteiger partial charge < -0.3 is 24.6 Å². The van der Waals surface area contributed by atoms with Gasteiger partial charge in [-0.3, -0.25) is 4.79 Å². The van der Waals surface area contributed by atoms with Crippen LogP contribution in [0.1, 0.15) is 24.3 Å². The number of hydrogen-bond acceptors (Lipinski definition) is 6. The van der Waals surface area contributed by atoms with Gasteiger partial charge in [0.25, 0.3) is 0 Å². The topological polar surface area (TPSA) is 85.6 Å². The molecule has 1 saturated heterocycles. The van der Waals surface area contributed by atoms with Crippen molar-refractivity contribution in [2.24, 2.45) is 5.92 Å². The molecule has 144 valence electrons. The number of carbonyl (C=O) groups is 1. The number of hydrogen-bond donors (Lipinski definition) is 2. The third kappa shape index (κ3) is 4.14. The quantitative estimate of drug-likeness (QED) is 0.812. The van der Waals surface area contributed by atoms with Crippen LogP contribution in [-0.2, 0) is 9.53 Å². The molecule has 2 aromatic rings. The molecule has 27 heavy (non-hydrogen) atoms. The van der Waals surface area contributed by atoms with E-state index in [-0.39, 0.29) is 17.9 Å². The zero-order valence-corrected chi connectivity index (χ0v) is 15.7. The molecule has 7 nitrogen and oxygen atoms in total. The van der Waals surface area contributed by atoms with Gasteiger partial charge in [-0.25, -0.2) is 0 Å². The summed E-state index contributed by atoms with van der Waals surface area (Å²) < 4.78 is 16.9. The van der Waals surface area contributed by atoms with E-state index in [0.717, 1.165) is 60.0 Å². The molecule has 1 aliphatic heterocycles. The predicted molar refractivity (Wildman–Crippen MR) is 101 cm³/mol. The Morgan fingerprint density at radius 1 is 1.37 bits per heavy atom. The van der Waals surface area contributed by atoms with Gasteiger partial charge in [-0.15, -0.1) is 0 Å². The van der Waals surface area contributed by atoms with Gasteiger partial charge in [0.15, 0.2) is 0 Å². The second kappa shape index (κ2) is 7.70. The molecule has 1 atom stereocenters. The van der Waals surface area contributed by atoms with Gasteiger partial charge in [0.2, 0.25) is 5.91 Å². The first-order valence-electron chi connectivity index (χ1n) is 9.44. The largest absolute Gasteiger partial charge is 0.491 e. The first kappa shape index (κ1) is 18.0. The second-order valence-corrected chi connectivity index (χ2v) is 7.21. The molecule has 0 unspecified atom stereocenters. The van der Waals surface area contributed by atoms with E-state index in [1.165, 1.54) is 0 Å². The molecule has 0 spiro atoms. The van der Waals surface area contributed by atoms with Crippen molar-refractivity contribution in [2.75, 3.05) is 31.7 Å². The summed E-state index contributed by atoms with van der Waals surface area (Å²) in [6, 6.07) is 5.87. The summed E-state index contributed by atoms with van der Waals surface area (Å²) in [6.45, 7) is 6.49. The van der Waals surface area contributed by atoms with Gasteiger partial charge in [0.1, 0.15) is 18.1 Å². The van der Waals surface area contributed by atoms with E-state index in [1.54, 1.807) is 0 Å². The van der Waals surface area contributed by atoms with Crippen LogP contribution in [0.25, 0.3) is 11.1 Å². The van der Waals surface area contributed by atoms with Crippen LogP contribution in [0, 0.1) is 19.8 Å². The van der Waals surface area contributed by atoms with E-state index in [1.807, 2.05) is 32.0 Å². The zero-order valence-electron chi connectivity index (χ0n) is 15.7. The fourth-order valence-electron chi connectivity index (χ4n) is 3.30. The summed E-state index contributed by atoms with van der Waals surface area (Å²) in [5.41, 5.74) is 3.33. The van der Waals surface area contributed by atoms with Crippen molar-refractivity contribution in [3.63, 3.8) is 0 Å². The van der Waals surface area contributed by atoms with E-state index >= 15 is 0 Å². The lowest BCUT2D eigenvalue weighted by atomic mass is 10.0. The standard InChI is InChI=1S/C20H25N3O4/c1-12-19(13(2)27-23-12)17-9-15(22-20(24)14-3-4-14)5-6-18(17)26-11-16-10-25-8-7-21-16/h5-6,9,14,16,21H,3-4,7-8,10-11H2,1-2H3,(H,22,24)/t16-/m0/s1. The minimum Gasteiger partial charge on any atom is -0.491 e. The Morgan fingerprint density at radius 3 is 2.89 bits per heavy atom. The van der Waals surface area contributed by atoms with Crippen LogP contribution in [0.2, 0.25) is 0 Å². The average molecular weight is 371 g/mol. The minimum atomic E-state index is 0.0805. The Labute approximate surface area is 158 Å².